The number of pyridine rings is 1. The maximum atomic E-state index is 13.2. The van der Waals surface area contributed by atoms with E-state index >= 15 is 0 Å². The number of fused-ring (bicyclic) bond motifs is 1. The second kappa shape index (κ2) is 11.8. The molecule has 2 unspecified atom stereocenters. The minimum atomic E-state index is -0.309. The Kier molecular flexibility index (Phi) is 8.21. The molecule has 3 aromatic rings. The summed E-state index contributed by atoms with van der Waals surface area (Å²) in [7, 11) is 0. The summed E-state index contributed by atoms with van der Waals surface area (Å²) in [6, 6.07) is 3.58. The summed E-state index contributed by atoms with van der Waals surface area (Å²) in [5, 5.41) is 7.60. The number of aromatic nitrogens is 2. The number of ether oxygens (including phenoxy) is 1. The molecule has 2 atom stereocenters. The number of nitrogens with zero attached hydrogens (tertiary/aromatic N) is 4. The molecule has 3 fully saturated rings. The van der Waals surface area contributed by atoms with Crippen LogP contribution >= 0.6 is 45.9 Å². The predicted molar refractivity (Wildman–Crippen MR) is 162 cm³/mol. The van der Waals surface area contributed by atoms with Gasteiger partial charge in [-0.05, 0) is 56.6 Å². The summed E-state index contributed by atoms with van der Waals surface area (Å²) in [4.78, 5) is 40.1. The molecule has 1 aliphatic carbocycles. The second-order valence-corrected chi connectivity index (χ2v) is 13.4. The van der Waals surface area contributed by atoms with Crippen molar-refractivity contribution < 1.29 is 14.3 Å². The van der Waals surface area contributed by atoms with Crippen molar-refractivity contribution in [2.45, 2.75) is 39.0 Å². The van der Waals surface area contributed by atoms with Crippen LogP contribution in [0.1, 0.15) is 49.4 Å². The average molecular weight is 621 g/mol. The minimum Gasteiger partial charge on any atom is -0.466 e. The topological polar surface area (TPSA) is 87.7 Å². The summed E-state index contributed by atoms with van der Waals surface area (Å²) in [6.07, 6.45) is 6.81. The summed E-state index contributed by atoms with van der Waals surface area (Å²) < 4.78 is 5.16. The molecule has 2 saturated heterocycles. The summed E-state index contributed by atoms with van der Waals surface area (Å²) in [5.74, 6) is 1.55. The third-order valence-electron chi connectivity index (χ3n) is 8.14. The lowest BCUT2D eigenvalue weighted by Gasteiger charge is -2.32. The molecule has 12 heteroatoms. The Bertz CT molecular complexity index is 1390. The standard InChI is InChI=1S/C28H31Cl2N5O3S2/c1-2-38-27(37)16-6-8-34(9-7-16)24-21(30)10-19(12-31-24)25(36)33-28-32-23(22-11-20(29)15-39-22)26(40-28)35-13-17-4-3-5-18(17)14-35/h10-12,15-18H,2-9,13-14H2,1H3,(H,32,33,36). The molecule has 8 nitrogen and oxygen atoms in total. The zero-order valence-corrected chi connectivity index (χ0v) is 25.3. The van der Waals surface area contributed by atoms with Crippen molar-refractivity contribution in [2.75, 3.05) is 47.9 Å². The van der Waals surface area contributed by atoms with Crippen LogP contribution < -0.4 is 15.1 Å². The predicted octanol–water partition coefficient (Wildman–Crippen LogP) is 6.84. The summed E-state index contributed by atoms with van der Waals surface area (Å²) in [5.41, 5.74) is 1.23. The molecule has 1 amide bonds. The molecule has 6 rings (SSSR count). The minimum absolute atomic E-state index is 0.0986. The highest BCUT2D eigenvalue weighted by Gasteiger charge is 2.38. The van der Waals surface area contributed by atoms with Crippen LogP contribution in [-0.2, 0) is 9.53 Å². The number of hydrogen-bond donors (Lipinski definition) is 1. The molecule has 0 spiro atoms. The fourth-order valence-electron chi connectivity index (χ4n) is 6.12. The monoisotopic (exact) mass is 619 g/mol. The normalized spacial score (nSPS) is 21.1. The third kappa shape index (κ3) is 5.68. The quantitative estimate of drug-likeness (QED) is 0.290. The van der Waals surface area contributed by atoms with E-state index in [1.54, 1.807) is 23.6 Å². The SMILES string of the molecule is CCOC(=O)C1CCN(c2ncc(C(=O)Nc3nc(-c4cc(Cl)cs4)c(N4CC5CCCC5C4)s3)cc2Cl)CC1. The van der Waals surface area contributed by atoms with Crippen molar-refractivity contribution in [3.8, 4) is 10.6 Å². The molecular weight excluding hydrogens is 589 g/mol. The number of amides is 1. The molecule has 3 aromatic heterocycles. The number of anilines is 3. The molecule has 5 heterocycles. The number of carbonyl (C=O) groups excluding carboxylic acids is 2. The Balaban J connectivity index is 1.16. The van der Waals surface area contributed by atoms with Crippen molar-refractivity contribution in [3.63, 3.8) is 0 Å². The number of rotatable bonds is 7. The van der Waals surface area contributed by atoms with E-state index in [0.29, 0.717) is 59.1 Å². The molecule has 0 radical (unpaired) electrons. The molecule has 0 aromatic carbocycles. The van der Waals surface area contributed by atoms with Crippen LogP contribution in [-0.4, -0.2) is 54.6 Å². The van der Waals surface area contributed by atoms with Gasteiger partial charge in [0.25, 0.3) is 5.91 Å². The third-order valence-corrected chi connectivity index (χ3v) is 10.7. The van der Waals surface area contributed by atoms with Crippen molar-refractivity contribution >= 4 is 73.7 Å². The van der Waals surface area contributed by atoms with Gasteiger partial charge in [-0.2, -0.15) is 0 Å². The zero-order valence-electron chi connectivity index (χ0n) is 22.2. The first-order chi connectivity index (χ1) is 19.4. The molecule has 212 valence electrons. The first kappa shape index (κ1) is 27.8. The molecule has 0 bridgehead atoms. The fraction of sp³-hybridized carbons (Fsp3) is 0.500. The van der Waals surface area contributed by atoms with E-state index in [9.17, 15) is 9.59 Å². The van der Waals surface area contributed by atoms with Gasteiger partial charge in [0.15, 0.2) is 5.13 Å². The van der Waals surface area contributed by atoms with E-state index < -0.39 is 0 Å². The van der Waals surface area contributed by atoms with Crippen LogP contribution in [0.15, 0.2) is 23.7 Å². The second-order valence-electron chi connectivity index (χ2n) is 10.7. The fourth-order valence-corrected chi connectivity index (χ4v) is 8.53. The Morgan fingerprint density at radius 1 is 1.10 bits per heavy atom. The van der Waals surface area contributed by atoms with Crippen LogP contribution in [0.25, 0.3) is 10.6 Å². The lowest BCUT2D eigenvalue weighted by Crippen LogP contribution is -2.37. The van der Waals surface area contributed by atoms with Gasteiger partial charge in [-0.3, -0.25) is 14.9 Å². The average Bonchev–Trinajstić information content (AvgIpc) is 3.73. The number of nitrogens with one attached hydrogen (secondary N) is 1. The van der Waals surface area contributed by atoms with Crippen molar-refractivity contribution in [1.82, 2.24) is 9.97 Å². The van der Waals surface area contributed by atoms with Crippen LogP contribution in [0.4, 0.5) is 16.0 Å². The van der Waals surface area contributed by atoms with Gasteiger partial charge < -0.3 is 14.5 Å². The highest BCUT2D eigenvalue weighted by atomic mass is 35.5. The largest absolute Gasteiger partial charge is 0.466 e. The maximum absolute atomic E-state index is 13.2. The first-order valence-corrected chi connectivity index (χ1v) is 16.2. The molecule has 3 aliphatic rings. The van der Waals surface area contributed by atoms with E-state index in [1.165, 1.54) is 30.6 Å². The van der Waals surface area contributed by atoms with Crippen molar-refractivity contribution in [2.24, 2.45) is 17.8 Å². The van der Waals surface area contributed by atoms with Crippen LogP contribution in [0, 0.1) is 17.8 Å². The van der Waals surface area contributed by atoms with E-state index in [-0.39, 0.29) is 17.8 Å². The van der Waals surface area contributed by atoms with Gasteiger partial charge in [0.2, 0.25) is 0 Å². The smallest absolute Gasteiger partial charge is 0.309 e. The highest BCUT2D eigenvalue weighted by Crippen LogP contribution is 2.47. The van der Waals surface area contributed by atoms with Crippen LogP contribution in [0.2, 0.25) is 10.0 Å². The van der Waals surface area contributed by atoms with Crippen LogP contribution in [0.3, 0.4) is 0 Å². The number of esters is 1. The highest BCUT2D eigenvalue weighted by molar-refractivity contribution is 7.21. The maximum Gasteiger partial charge on any atom is 0.309 e. The molecule has 40 heavy (non-hydrogen) atoms. The number of piperidine rings is 1. The molecule has 1 saturated carbocycles. The molecule has 1 N–H and O–H groups in total. The Morgan fingerprint density at radius 3 is 2.50 bits per heavy atom. The first-order valence-electron chi connectivity index (χ1n) is 13.8. The van der Waals surface area contributed by atoms with Gasteiger partial charge in [0, 0.05) is 37.8 Å². The van der Waals surface area contributed by atoms with Crippen molar-refractivity contribution in [1.29, 1.82) is 0 Å². The Morgan fingerprint density at radius 2 is 1.85 bits per heavy atom. The Hall–Kier alpha value is -2.40. The number of thiophene rings is 1. The van der Waals surface area contributed by atoms with E-state index in [0.717, 1.165) is 40.5 Å². The number of carbonyl (C=O) groups is 2. The summed E-state index contributed by atoms with van der Waals surface area (Å²) >= 11 is 15.9. The number of halogens is 2. The van der Waals surface area contributed by atoms with E-state index in [1.807, 2.05) is 18.4 Å². The Labute approximate surface area is 251 Å². The summed E-state index contributed by atoms with van der Waals surface area (Å²) in [6.45, 7) is 5.57. The molecule has 2 aliphatic heterocycles. The number of thiazole rings is 1. The van der Waals surface area contributed by atoms with Gasteiger partial charge in [0.05, 0.1) is 33.0 Å². The zero-order chi connectivity index (χ0) is 27.8. The lowest BCUT2D eigenvalue weighted by atomic mass is 9.97. The van der Waals surface area contributed by atoms with E-state index in [2.05, 4.69) is 20.1 Å². The van der Waals surface area contributed by atoms with Gasteiger partial charge in [-0.25, -0.2) is 9.97 Å². The van der Waals surface area contributed by atoms with Gasteiger partial charge in [0.1, 0.15) is 16.5 Å². The van der Waals surface area contributed by atoms with E-state index in [4.69, 9.17) is 32.9 Å². The van der Waals surface area contributed by atoms with Crippen LogP contribution in [0.5, 0.6) is 0 Å². The van der Waals surface area contributed by atoms with Gasteiger partial charge in [-0.1, -0.05) is 41.0 Å². The lowest BCUT2D eigenvalue weighted by molar-refractivity contribution is -0.148. The van der Waals surface area contributed by atoms with Crippen molar-refractivity contribution in [3.05, 3.63) is 39.3 Å². The van der Waals surface area contributed by atoms with Gasteiger partial charge in [-0.15, -0.1) is 11.3 Å². The molecular formula is C28H31Cl2N5O3S2. The number of hydrogen-bond acceptors (Lipinski definition) is 9. The van der Waals surface area contributed by atoms with Gasteiger partial charge >= 0.3 is 5.97 Å².